The number of benzene rings is 1. The number of halogens is 1. The molecule has 4 heteroatoms. The van der Waals surface area contributed by atoms with Crippen molar-refractivity contribution in [3.8, 4) is 0 Å². The molecule has 0 spiro atoms. The minimum atomic E-state index is 0.119. The Labute approximate surface area is 132 Å². The van der Waals surface area contributed by atoms with Gasteiger partial charge in [0.05, 0.1) is 6.54 Å². The van der Waals surface area contributed by atoms with Gasteiger partial charge in [0.15, 0.2) is 0 Å². The Hall–Kier alpha value is -1.06. The number of hydrogen-bond donors (Lipinski definition) is 2. The molecule has 0 unspecified atom stereocenters. The van der Waals surface area contributed by atoms with Crippen molar-refractivity contribution < 1.29 is 4.79 Å². The Bertz CT molecular complexity index is 442. The molecule has 0 aliphatic heterocycles. The third kappa shape index (κ3) is 6.49. The zero-order valence-electron chi connectivity index (χ0n) is 12.5. The van der Waals surface area contributed by atoms with Crippen LogP contribution in [0.2, 0.25) is 5.02 Å². The van der Waals surface area contributed by atoms with Gasteiger partial charge in [0.25, 0.3) is 0 Å². The van der Waals surface area contributed by atoms with Crippen LogP contribution < -0.4 is 10.6 Å². The van der Waals surface area contributed by atoms with Crippen LogP contribution in [0.4, 0.5) is 0 Å². The van der Waals surface area contributed by atoms with Crippen LogP contribution in [0.1, 0.15) is 44.1 Å². The smallest absolute Gasteiger partial charge is 0.234 e. The number of carbonyl (C=O) groups excluding carboxylic acids is 1. The molecule has 2 rings (SSSR count). The first-order chi connectivity index (χ1) is 10.2. The van der Waals surface area contributed by atoms with Crippen molar-refractivity contribution in [3.05, 3.63) is 34.9 Å². The first kappa shape index (κ1) is 16.3. The van der Waals surface area contributed by atoms with E-state index < -0.39 is 0 Å². The predicted molar refractivity (Wildman–Crippen MR) is 87.7 cm³/mol. The van der Waals surface area contributed by atoms with Crippen LogP contribution in [-0.4, -0.2) is 25.0 Å². The Balaban J connectivity index is 1.60. The molecular formula is C17H25ClN2O. The molecule has 1 fully saturated rings. The van der Waals surface area contributed by atoms with Gasteiger partial charge in [-0.2, -0.15) is 0 Å². The predicted octanol–water partition coefficient (Wildman–Crippen LogP) is 3.31. The standard InChI is InChI=1S/C17H25ClN2O/c18-15-7-5-6-14(12-15)10-11-19-13-17(21)20-16-8-3-1-2-4-9-16/h5-7,12,16,19H,1-4,8-11,13H2,(H,20,21). The molecule has 0 heterocycles. The van der Waals surface area contributed by atoms with E-state index in [9.17, 15) is 4.79 Å². The van der Waals surface area contributed by atoms with E-state index in [0.29, 0.717) is 12.6 Å². The largest absolute Gasteiger partial charge is 0.352 e. The highest BCUT2D eigenvalue weighted by atomic mass is 35.5. The van der Waals surface area contributed by atoms with Crippen molar-refractivity contribution in [2.75, 3.05) is 13.1 Å². The second kappa shape index (κ2) is 9.06. The van der Waals surface area contributed by atoms with Gasteiger partial charge in [-0.05, 0) is 43.5 Å². The van der Waals surface area contributed by atoms with E-state index in [-0.39, 0.29) is 5.91 Å². The summed E-state index contributed by atoms with van der Waals surface area (Å²) in [7, 11) is 0. The van der Waals surface area contributed by atoms with Crippen molar-refractivity contribution in [1.29, 1.82) is 0 Å². The van der Waals surface area contributed by atoms with Gasteiger partial charge in [-0.15, -0.1) is 0 Å². The molecule has 1 aliphatic carbocycles. The van der Waals surface area contributed by atoms with E-state index in [4.69, 9.17) is 11.6 Å². The molecule has 1 aromatic carbocycles. The highest BCUT2D eigenvalue weighted by Crippen LogP contribution is 2.17. The lowest BCUT2D eigenvalue weighted by Gasteiger charge is -2.16. The fraction of sp³-hybridized carbons (Fsp3) is 0.588. The fourth-order valence-corrected chi connectivity index (χ4v) is 3.04. The minimum absolute atomic E-state index is 0.119. The van der Waals surface area contributed by atoms with Crippen LogP contribution in [0.25, 0.3) is 0 Å². The third-order valence-corrected chi connectivity index (χ3v) is 4.22. The minimum Gasteiger partial charge on any atom is -0.352 e. The zero-order chi connectivity index (χ0) is 14.9. The van der Waals surface area contributed by atoms with Crippen LogP contribution in [0.3, 0.4) is 0 Å². The van der Waals surface area contributed by atoms with Crippen molar-refractivity contribution in [1.82, 2.24) is 10.6 Å². The summed E-state index contributed by atoms with van der Waals surface area (Å²) in [5.41, 5.74) is 1.19. The average molecular weight is 309 g/mol. The topological polar surface area (TPSA) is 41.1 Å². The molecule has 2 N–H and O–H groups in total. The molecule has 1 saturated carbocycles. The Kier molecular flexibility index (Phi) is 7.04. The molecular weight excluding hydrogens is 284 g/mol. The summed E-state index contributed by atoms with van der Waals surface area (Å²) in [6, 6.07) is 8.23. The number of carbonyl (C=O) groups is 1. The molecule has 0 aromatic heterocycles. The van der Waals surface area contributed by atoms with Gasteiger partial charge in [0.2, 0.25) is 5.91 Å². The Morgan fingerprint density at radius 2 is 1.95 bits per heavy atom. The van der Waals surface area contributed by atoms with E-state index >= 15 is 0 Å². The maximum Gasteiger partial charge on any atom is 0.234 e. The first-order valence-corrected chi connectivity index (χ1v) is 8.36. The van der Waals surface area contributed by atoms with Gasteiger partial charge in [-0.1, -0.05) is 49.4 Å². The van der Waals surface area contributed by atoms with E-state index in [0.717, 1.165) is 30.8 Å². The first-order valence-electron chi connectivity index (χ1n) is 7.98. The maximum absolute atomic E-state index is 11.9. The van der Waals surface area contributed by atoms with E-state index in [1.807, 2.05) is 18.2 Å². The summed E-state index contributed by atoms with van der Waals surface area (Å²) in [5, 5.41) is 7.11. The summed E-state index contributed by atoms with van der Waals surface area (Å²) < 4.78 is 0. The number of hydrogen-bond acceptors (Lipinski definition) is 2. The summed E-state index contributed by atoms with van der Waals surface area (Å²) in [5.74, 6) is 0.119. The van der Waals surface area contributed by atoms with Crippen molar-refractivity contribution >= 4 is 17.5 Å². The quantitative estimate of drug-likeness (QED) is 0.625. The van der Waals surface area contributed by atoms with Crippen molar-refractivity contribution in [2.45, 2.75) is 51.0 Å². The zero-order valence-corrected chi connectivity index (χ0v) is 13.3. The van der Waals surface area contributed by atoms with Crippen LogP contribution in [0, 0.1) is 0 Å². The SMILES string of the molecule is O=C(CNCCc1cccc(Cl)c1)NC1CCCCCC1. The molecule has 0 bridgehead atoms. The monoisotopic (exact) mass is 308 g/mol. The Morgan fingerprint density at radius 3 is 2.67 bits per heavy atom. The lowest BCUT2D eigenvalue weighted by Crippen LogP contribution is -2.40. The van der Waals surface area contributed by atoms with Crippen LogP contribution >= 0.6 is 11.6 Å². The van der Waals surface area contributed by atoms with Crippen LogP contribution in [0.15, 0.2) is 24.3 Å². The number of rotatable bonds is 6. The third-order valence-electron chi connectivity index (χ3n) is 3.99. The molecule has 3 nitrogen and oxygen atoms in total. The fourth-order valence-electron chi connectivity index (χ4n) is 2.83. The molecule has 21 heavy (non-hydrogen) atoms. The molecule has 0 saturated heterocycles. The number of amides is 1. The van der Waals surface area contributed by atoms with E-state index in [1.54, 1.807) is 0 Å². The molecule has 1 aromatic rings. The lowest BCUT2D eigenvalue weighted by molar-refractivity contribution is -0.121. The summed E-state index contributed by atoms with van der Waals surface area (Å²) in [6.45, 7) is 1.19. The van der Waals surface area contributed by atoms with Gasteiger partial charge in [0, 0.05) is 11.1 Å². The molecule has 116 valence electrons. The van der Waals surface area contributed by atoms with Gasteiger partial charge in [-0.25, -0.2) is 0 Å². The van der Waals surface area contributed by atoms with E-state index in [2.05, 4.69) is 16.7 Å². The lowest BCUT2D eigenvalue weighted by atomic mass is 10.1. The van der Waals surface area contributed by atoms with Gasteiger partial charge >= 0.3 is 0 Å². The van der Waals surface area contributed by atoms with Gasteiger partial charge < -0.3 is 10.6 Å². The molecule has 1 aliphatic rings. The summed E-state index contributed by atoms with van der Waals surface area (Å²) >= 11 is 5.95. The molecule has 0 atom stereocenters. The normalized spacial score (nSPS) is 16.4. The van der Waals surface area contributed by atoms with E-state index in [1.165, 1.54) is 31.2 Å². The summed E-state index contributed by atoms with van der Waals surface area (Å²) in [4.78, 5) is 11.9. The molecule has 1 amide bonds. The molecule has 0 radical (unpaired) electrons. The average Bonchev–Trinajstić information content (AvgIpc) is 2.72. The number of nitrogens with one attached hydrogen (secondary N) is 2. The Morgan fingerprint density at radius 1 is 1.19 bits per heavy atom. The van der Waals surface area contributed by atoms with Crippen LogP contribution in [-0.2, 0) is 11.2 Å². The van der Waals surface area contributed by atoms with Gasteiger partial charge in [0.1, 0.15) is 0 Å². The second-order valence-electron chi connectivity index (χ2n) is 5.81. The highest BCUT2D eigenvalue weighted by molar-refractivity contribution is 6.30. The van der Waals surface area contributed by atoms with Crippen molar-refractivity contribution in [3.63, 3.8) is 0 Å². The highest BCUT2D eigenvalue weighted by Gasteiger charge is 2.14. The summed E-state index contributed by atoms with van der Waals surface area (Å²) in [6.07, 6.45) is 8.26. The van der Waals surface area contributed by atoms with Crippen LogP contribution in [0.5, 0.6) is 0 Å². The maximum atomic E-state index is 11.9. The van der Waals surface area contributed by atoms with Crippen molar-refractivity contribution in [2.24, 2.45) is 0 Å². The second-order valence-corrected chi connectivity index (χ2v) is 6.25. The van der Waals surface area contributed by atoms with Gasteiger partial charge in [-0.3, -0.25) is 4.79 Å².